The summed E-state index contributed by atoms with van der Waals surface area (Å²) in [5.74, 6) is 0.793. The van der Waals surface area contributed by atoms with E-state index < -0.39 is 0 Å². The van der Waals surface area contributed by atoms with E-state index in [4.69, 9.17) is 44.3 Å². The van der Waals surface area contributed by atoms with Crippen LogP contribution in [0.4, 0.5) is 0 Å². The largest absolute Gasteiger partial charge is 0.497 e. The molecule has 2 rings (SSSR count). The summed E-state index contributed by atoms with van der Waals surface area (Å²) < 4.78 is 10.4. The average molecular weight is 375 g/mol. The lowest BCUT2D eigenvalue weighted by Gasteiger charge is -2.10. The molecule has 0 fully saturated rings. The van der Waals surface area contributed by atoms with Gasteiger partial charge in [-0.25, -0.2) is 0 Å². The molecular weight excluding hydrogens is 361 g/mol. The van der Waals surface area contributed by atoms with E-state index in [2.05, 4.69) is 5.32 Å². The minimum absolute atomic E-state index is 0.173. The second-order valence-electron chi connectivity index (χ2n) is 4.61. The van der Waals surface area contributed by atoms with E-state index in [1.165, 1.54) is 12.1 Å². The zero-order valence-corrected chi connectivity index (χ0v) is 14.5. The van der Waals surface area contributed by atoms with Crippen molar-refractivity contribution in [2.45, 2.75) is 6.54 Å². The molecule has 0 atom stereocenters. The van der Waals surface area contributed by atoms with Gasteiger partial charge in [0.05, 0.1) is 22.2 Å². The average Bonchev–Trinajstić information content (AvgIpc) is 2.55. The van der Waals surface area contributed by atoms with Crippen molar-refractivity contribution < 1.29 is 14.3 Å². The van der Waals surface area contributed by atoms with Crippen molar-refractivity contribution in [2.24, 2.45) is 0 Å². The van der Waals surface area contributed by atoms with Crippen molar-refractivity contribution in [1.29, 1.82) is 0 Å². The predicted molar refractivity (Wildman–Crippen MR) is 91.8 cm³/mol. The Morgan fingerprint density at radius 1 is 1.04 bits per heavy atom. The number of carbonyl (C=O) groups excluding carboxylic acids is 1. The SMILES string of the molecule is COc1ccc(CNC(=O)COc2cc(Cl)c(Cl)cc2Cl)cc1. The van der Waals surface area contributed by atoms with Crippen molar-refractivity contribution in [3.05, 3.63) is 57.0 Å². The molecule has 0 aliphatic heterocycles. The lowest BCUT2D eigenvalue weighted by Crippen LogP contribution is -2.28. The number of halogens is 3. The number of benzene rings is 2. The number of carbonyl (C=O) groups is 1. The van der Waals surface area contributed by atoms with Crippen LogP contribution in [-0.4, -0.2) is 19.6 Å². The molecule has 2 aromatic carbocycles. The fourth-order valence-electron chi connectivity index (χ4n) is 1.75. The van der Waals surface area contributed by atoms with Gasteiger partial charge in [0.15, 0.2) is 6.61 Å². The molecule has 7 heteroatoms. The summed E-state index contributed by atoms with van der Waals surface area (Å²) in [5, 5.41) is 3.68. The van der Waals surface area contributed by atoms with Gasteiger partial charge in [0.25, 0.3) is 5.91 Å². The summed E-state index contributed by atoms with van der Waals surface area (Å²) in [7, 11) is 1.60. The van der Waals surface area contributed by atoms with Crippen LogP contribution in [0.3, 0.4) is 0 Å². The predicted octanol–water partition coefficient (Wildman–Crippen LogP) is 4.35. The molecule has 1 amide bonds. The quantitative estimate of drug-likeness (QED) is 0.765. The summed E-state index contributed by atoms with van der Waals surface area (Å²) in [6, 6.07) is 10.3. The van der Waals surface area contributed by atoms with Crippen molar-refractivity contribution in [2.75, 3.05) is 13.7 Å². The molecule has 1 N–H and O–H groups in total. The standard InChI is InChI=1S/C16H14Cl3NO3/c1-22-11-4-2-10(3-5-11)8-20-16(21)9-23-15-7-13(18)12(17)6-14(15)19/h2-7H,8-9H2,1H3,(H,20,21). The summed E-state index contributed by atoms with van der Waals surface area (Å²) in [5.41, 5.74) is 0.951. The molecule has 0 unspecified atom stereocenters. The van der Waals surface area contributed by atoms with Gasteiger partial charge in [0.1, 0.15) is 11.5 Å². The van der Waals surface area contributed by atoms with Gasteiger partial charge in [-0.3, -0.25) is 4.79 Å². The van der Waals surface area contributed by atoms with Gasteiger partial charge in [-0.05, 0) is 23.8 Å². The third kappa shape index (κ3) is 5.20. The fraction of sp³-hybridized carbons (Fsp3) is 0.188. The first-order valence-corrected chi connectivity index (χ1v) is 7.80. The minimum atomic E-state index is -0.275. The van der Waals surface area contributed by atoms with Crippen LogP contribution in [0.25, 0.3) is 0 Å². The molecule has 0 spiro atoms. The molecule has 23 heavy (non-hydrogen) atoms. The van der Waals surface area contributed by atoms with E-state index >= 15 is 0 Å². The zero-order chi connectivity index (χ0) is 16.8. The molecule has 0 aliphatic carbocycles. The molecule has 0 aliphatic rings. The number of ether oxygens (including phenoxy) is 2. The molecule has 0 radical (unpaired) electrons. The van der Waals surface area contributed by atoms with Crippen molar-refractivity contribution in [1.82, 2.24) is 5.32 Å². The molecule has 0 bridgehead atoms. The summed E-state index contributed by atoms with van der Waals surface area (Å²) in [4.78, 5) is 11.8. The Morgan fingerprint density at radius 3 is 2.35 bits per heavy atom. The molecule has 0 heterocycles. The third-order valence-corrected chi connectivity index (χ3v) is 4.00. The number of methoxy groups -OCH3 is 1. The Morgan fingerprint density at radius 2 is 1.70 bits per heavy atom. The highest BCUT2D eigenvalue weighted by atomic mass is 35.5. The maximum Gasteiger partial charge on any atom is 0.258 e. The maximum atomic E-state index is 11.8. The minimum Gasteiger partial charge on any atom is -0.497 e. The number of hydrogen-bond acceptors (Lipinski definition) is 3. The molecule has 0 saturated carbocycles. The van der Waals surface area contributed by atoms with Crippen LogP contribution in [0.15, 0.2) is 36.4 Å². The third-order valence-electron chi connectivity index (χ3n) is 2.98. The van der Waals surface area contributed by atoms with E-state index in [9.17, 15) is 4.79 Å². The normalized spacial score (nSPS) is 10.3. The van der Waals surface area contributed by atoms with Gasteiger partial charge in [-0.1, -0.05) is 46.9 Å². The second kappa shape index (κ2) is 8.29. The molecule has 0 saturated heterocycles. The van der Waals surface area contributed by atoms with Crippen LogP contribution in [-0.2, 0) is 11.3 Å². The molecule has 4 nitrogen and oxygen atoms in total. The topological polar surface area (TPSA) is 47.6 Å². The van der Waals surface area contributed by atoms with Crippen LogP contribution in [0.1, 0.15) is 5.56 Å². The highest BCUT2D eigenvalue weighted by Gasteiger charge is 2.09. The maximum absolute atomic E-state index is 11.8. The summed E-state index contributed by atoms with van der Waals surface area (Å²) in [6.07, 6.45) is 0. The van der Waals surface area contributed by atoms with Gasteiger partial charge in [0.2, 0.25) is 0 Å². The van der Waals surface area contributed by atoms with Gasteiger partial charge in [0, 0.05) is 12.6 Å². The van der Waals surface area contributed by atoms with Crippen LogP contribution >= 0.6 is 34.8 Å². The van der Waals surface area contributed by atoms with Gasteiger partial charge >= 0.3 is 0 Å². The number of nitrogens with one attached hydrogen (secondary N) is 1. The lowest BCUT2D eigenvalue weighted by atomic mass is 10.2. The highest BCUT2D eigenvalue weighted by Crippen LogP contribution is 2.33. The van der Waals surface area contributed by atoms with E-state index in [-0.39, 0.29) is 12.5 Å². The monoisotopic (exact) mass is 373 g/mol. The van der Waals surface area contributed by atoms with Gasteiger partial charge < -0.3 is 14.8 Å². The van der Waals surface area contributed by atoms with Crippen LogP contribution < -0.4 is 14.8 Å². The Labute approximate surface area is 149 Å². The molecule has 2 aromatic rings. The van der Waals surface area contributed by atoms with Crippen LogP contribution in [0.2, 0.25) is 15.1 Å². The zero-order valence-electron chi connectivity index (χ0n) is 12.2. The van der Waals surface area contributed by atoms with Gasteiger partial charge in [-0.2, -0.15) is 0 Å². The smallest absolute Gasteiger partial charge is 0.258 e. The fourth-order valence-corrected chi connectivity index (χ4v) is 2.34. The Balaban J connectivity index is 1.84. The number of amides is 1. The van der Waals surface area contributed by atoms with Crippen LogP contribution in [0.5, 0.6) is 11.5 Å². The Kier molecular flexibility index (Phi) is 6.39. The van der Waals surface area contributed by atoms with Crippen LogP contribution in [0, 0.1) is 0 Å². The summed E-state index contributed by atoms with van der Waals surface area (Å²) >= 11 is 17.7. The Hall–Kier alpha value is -1.62. The Bertz CT molecular complexity index is 690. The first-order valence-electron chi connectivity index (χ1n) is 6.66. The van der Waals surface area contributed by atoms with Crippen molar-refractivity contribution in [3.8, 4) is 11.5 Å². The van der Waals surface area contributed by atoms with E-state index in [0.29, 0.717) is 27.4 Å². The van der Waals surface area contributed by atoms with Gasteiger partial charge in [-0.15, -0.1) is 0 Å². The van der Waals surface area contributed by atoms with E-state index in [1.54, 1.807) is 7.11 Å². The highest BCUT2D eigenvalue weighted by molar-refractivity contribution is 6.43. The van der Waals surface area contributed by atoms with E-state index in [0.717, 1.165) is 11.3 Å². The molecule has 0 aromatic heterocycles. The second-order valence-corrected chi connectivity index (χ2v) is 5.83. The first-order chi connectivity index (χ1) is 11.0. The molecule has 122 valence electrons. The lowest BCUT2D eigenvalue weighted by molar-refractivity contribution is -0.123. The number of rotatable bonds is 6. The number of hydrogen-bond donors (Lipinski definition) is 1. The van der Waals surface area contributed by atoms with Crippen molar-refractivity contribution >= 4 is 40.7 Å². The van der Waals surface area contributed by atoms with E-state index in [1.807, 2.05) is 24.3 Å². The molecular formula is C16H14Cl3NO3. The van der Waals surface area contributed by atoms with Crippen molar-refractivity contribution in [3.63, 3.8) is 0 Å². The summed E-state index contributed by atoms with van der Waals surface area (Å²) in [6.45, 7) is 0.217. The first kappa shape index (κ1) is 17.7.